The van der Waals surface area contributed by atoms with Crippen molar-refractivity contribution in [2.45, 2.75) is 42.2 Å². The minimum Gasteiger partial charge on any atom is -0.506 e. The molecule has 356 valence electrons. The van der Waals surface area contributed by atoms with Crippen molar-refractivity contribution in [1.29, 1.82) is 0 Å². The number of anilines is 2. The van der Waals surface area contributed by atoms with Crippen LogP contribution in [0.3, 0.4) is 0 Å². The summed E-state index contributed by atoms with van der Waals surface area (Å²) in [6.45, 7) is 0. The maximum absolute atomic E-state index is 14.5. The molecule has 0 bridgehead atoms. The highest BCUT2D eigenvalue weighted by Gasteiger charge is 2.32. The molecule has 5 aromatic rings. The van der Waals surface area contributed by atoms with Crippen LogP contribution in [0.2, 0.25) is 0 Å². The molecular formula is C39H28N2O21S6. The first-order valence-corrected chi connectivity index (χ1v) is 27.4. The van der Waals surface area contributed by atoms with Crippen molar-refractivity contribution in [2.24, 2.45) is 0 Å². The van der Waals surface area contributed by atoms with Gasteiger partial charge in [0.2, 0.25) is 0 Å². The van der Waals surface area contributed by atoms with Crippen molar-refractivity contribution in [3.05, 3.63) is 138 Å². The highest BCUT2D eigenvalue weighted by molar-refractivity contribution is 7.91. The zero-order chi connectivity index (χ0) is 50.3. The number of carbonyl (C=O) groups is 1. The number of sulfone groups is 1. The Kier molecular flexibility index (Phi) is 12.4. The lowest BCUT2D eigenvalue weighted by atomic mass is 9.96. The lowest BCUT2D eigenvalue weighted by molar-refractivity contribution is 0.0981. The van der Waals surface area contributed by atoms with Gasteiger partial charge < -0.3 is 10.4 Å². The van der Waals surface area contributed by atoms with Gasteiger partial charge in [0.05, 0.1) is 47.9 Å². The van der Waals surface area contributed by atoms with Crippen LogP contribution in [0.4, 0.5) is 11.4 Å². The number of aliphatic hydroxyl groups is 1. The van der Waals surface area contributed by atoms with Gasteiger partial charge in [-0.05, 0) is 54.3 Å². The third kappa shape index (κ3) is 9.40. The fraction of sp³-hybridized carbons (Fsp3) is 0.0769. The van der Waals surface area contributed by atoms with E-state index in [4.69, 9.17) is 0 Å². The fourth-order valence-electron chi connectivity index (χ4n) is 7.32. The van der Waals surface area contributed by atoms with Crippen molar-refractivity contribution in [3.8, 4) is 0 Å². The minimum atomic E-state index is -5.86. The Labute approximate surface area is 382 Å². The Morgan fingerprint density at radius 2 is 1.07 bits per heavy atom. The zero-order valence-electron chi connectivity index (χ0n) is 33.5. The van der Waals surface area contributed by atoms with Gasteiger partial charge in [0.15, 0.2) is 21.0 Å². The Morgan fingerprint density at radius 1 is 0.559 bits per heavy atom. The van der Waals surface area contributed by atoms with Crippen LogP contribution in [-0.4, -0.2) is 94.9 Å². The summed E-state index contributed by atoms with van der Waals surface area (Å²) >= 11 is 0. The molecule has 23 nitrogen and oxygen atoms in total. The average Bonchev–Trinajstić information content (AvgIpc) is 3.23. The molecule has 0 fully saturated rings. The van der Waals surface area contributed by atoms with Gasteiger partial charge in [-0.15, -0.1) is 0 Å². The summed E-state index contributed by atoms with van der Waals surface area (Å²) in [4.78, 5) is 37.7. The molecule has 7 N–H and O–H groups in total. The minimum absolute atomic E-state index is 0.203. The third-order valence-electron chi connectivity index (χ3n) is 10.3. The molecule has 68 heavy (non-hydrogen) atoms. The van der Waals surface area contributed by atoms with Crippen LogP contribution >= 0.6 is 0 Å². The highest BCUT2D eigenvalue weighted by atomic mass is 32.2. The molecule has 1 aliphatic carbocycles. The van der Waals surface area contributed by atoms with Crippen LogP contribution in [0.25, 0.3) is 27.4 Å². The predicted octanol–water partition coefficient (Wildman–Crippen LogP) is 2.12. The van der Waals surface area contributed by atoms with Crippen LogP contribution in [-0.2, 0) is 60.4 Å². The normalized spacial score (nSPS) is 13.5. The van der Waals surface area contributed by atoms with E-state index in [9.17, 15) is 92.8 Å². The van der Waals surface area contributed by atoms with Crippen molar-refractivity contribution >= 4 is 105 Å². The molecule has 0 unspecified atom stereocenters. The van der Waals surface area contributed by atoms with E-state index in [0.29, 0.717) is 6.07 Å². The average molecular weight is 1050 g/mol. The van der Waals surface area contributed by atoms with Crippen molar-refractivity contribution in [1.82, 2.24) is 4.98 Å². The molecule has 0 radical (unpaired) electrons. The quantitative estimate of drug-likeness (QED) is 0.0606. The first-order valence-electron chi connectivity index (χ1n) is 18.5. The Balaban J connectivity index is 1.50. The molecule has 0 spiro atoms. The third-order valence-corrected chi connectivity index (χ3v) is 16.4. The van der Waals surface area contributed by atoms with E-state index in [1.165, 1.54) is 18.2 Å². The van der Waals surface area contributed by atoms with Gasteiger partial charge in [-0.25, -0.2) is 13.4 Å². The molecule has 29 heteroatoms. The molecule has 7 rings (SSSR count). The fourth-order valence-corrected chi connectivity index (χ4v) is 12.0. The number of hydrogen-bond acceptors (Lipinski definition) is 18. The lowest BCUT2D eigenvalue weighted by Crippen LogP contribution is -2.33. The van der Waals surface area contributed by atoms with Crippen LogP contribution in [0, 0.1) is 10.4 Å². The van der Waals surface area contributed by atoms with Crippen molar-refractivity contribution < 1.29 is 83.2 Å². The summed E-state index contributed by atoms with van der Waals surface area (Å²) < 4.78 is 203. The molecular weight excluding hydrogens is 1020 g/mol. The molecule has 0 saturated heterocycles. The van der Waals surface area contributed by atoms with Gasteiger partial charge in [-0.1, -0.05) is 48.5 Å². The largest absolute Gasteiger partial charge is 0.506 e. The second-order valence-electron chi connectivity index (χ2n) is 14.6. The lowest BCUT2D eigenvalue weighted by Gasteiger charge is -2.19. The van der Waals surface area contributed by atoms with E-state index in [1.54, 1.807) is 0 Å². The Hall–Kier alpha value is -6.38. The number of nitrogens with zero attached hydrogens (tertiary/aromatic N) is 1. The summed E-state index contributed by atoms with van der Waals surface area (Å²) in [5.74, 6) is -2.97. The van der Waals surface area contributed by atoms with E-state index in [0.717, 1.165) is 54.6 Å². The van der Waals surface area contributed by atoms with Gasteiger partial charge >= 0.3 is 0 Å². The van der Waals surface area contributed by atoms with E-state index in [2.05, 4.69) is 10.3 Å². The van der Waals surface area contributed by atoms with Crippen molar-refractivity contribution in [3.63, 3.8) is 0 Å². The molecule has 2 aliphatic rings. The van der Waals surface area contributed by atoms with Crippen LogP contribution < -0.4 is 21.5 Å². The SMILES string of the molecule is O=C(CCCS(=O)(=O)c1cc(S(=O)(=O)O)c(Nc2cc(S(=O)(=O)O)c3nc(=O)c(=C(O)c4cccc(S(=O)(=O)O)c4)c4c5ccccc5c(=O)c2c3=4)c(S(=O)(=O)O)c1)c1cccc(S(=O)(=O)O)c1. The van der Waals surface area contributed by atoms with E-state index < -0.39 is 174 Å². The van der Waals surface area contributed by atoms with Gasteiger partial charge in [-0.2, -0.15) is 42.1 Å². The summed E-state index contributed by atoms with van der Waals surface area (Å²) in [7, 11) is -31.9. The maximum atomic E-state index is 14.5. The Morgan fingerprint density at radius 3 is 1.60 bits per heavy atom. The van der Waals surface area contributed by atoms with E-state index >= 15 is 0 Å². The molecule has 0 amide bonds. The number of ketones is 1. The number of carbonyl (C=O) groups excluding carboxylic acids is 1. The summed E-state index contributed by atoms with van der Waals surface area (Å²) in [5.41, 5.74) is -6.67. The molecule has 5 aromatic carbocycles. The summed E-state index contributed by atoms with van der Waals surface area (Å²) in [5, 5.41) is 10.3. The first kappa shape index (κ1) is 49.5. The molecule has 0 aromatic heterocycles. The van der Waals surface area contributed by atoms with E-state index in [1.807, 2.05) is 0 Å². The number of hydrogen-bond donors (Lipinski definition) is 7. The number of Topliss-reactive ketones (excluding diaryl/α,β-unsaturated/α-hetero) is 1. The van der Waals surface area contributed by atoms with Crippen LogP contribution in [0.15, 0.2) is 130 Å². The molecule has 0 atom stereocenters. The predicted molar refractivity (Wildman–Crippen MR) is 236 cm³/mol. The zero-order valence-corrected chi connectivity index (χ0v) is 38.4. The van der Waals surface area contributed by atoms with E-state index in [-0.39, 0.29) is 28.5 Å². The van der Waals surface area contributed by atoms with Crippen molar-refractivity contribution in [2.75, 3.05) is 11.1 Å². The number of aliphatic hydroxyl groups excluding tert-OH is 1. The second-order valence-corrected chi connectivity index (χ2v) is 23.7. The monoisotopic (exact) mass is 1050 g/mol. The highest BCUT2D eigenvalue weighted by Crippen LogP contribution is 2.38. The first-order chi connectivity index (χ1) is 31.3. The summed E-state index contributed by atoms with van der Waals surface area (Å²) in [6, 6.07) is 13.6. The van der Waals surface area contributed by atoms with Gasteiger partial charge in [0, 0.05) is 33.4 Å². The van der Waals surface area contributed by atoms with Crippen LogP contribution in [0.1, 0.15) is 28.8 Å². The molecule has 0 saturated carbocycles. The molecule has 1 heterocycles. The number of benzene rings is 5. The summed E-state index contributed by atoms with van der Waals surface area (Å²) in [6.07, 6.45) is -1.22. The van der Waals surface area contributed by atoms with Gasteiger partial charge in [0.25, 0.3) is 56.1 Å². The van der Waals surface area contributed by atoms with Gasteiger partial charge in [-0.3, -0.25) is 37.1 Å². The smallest absolute Gasteiger partial charge is 0.296 e. The maximum Gasteiger partial charge on any atom is 0.296 e. The standard InChI is InChI=1S/C39H28N2O21S6/c42-27(19-6-3-8-21(14-19)64(48,49)50)12-5-13-63(46,47)23-16-28(66(54,55)56)35(29(17-23)67(57,58)59)40-26-18-30(68(60,61)62)36-33-31(24-10-1-2-11-25(24)38(44)32(26)33)34(39(45)41-36)37(43)20-7-4-9-22(15-20)65(51,52)53/h1-4,6-11,14-18,40,43H,5,12-13H2,(H,48,49,50)(H,51,52,53)(H,54,55,56)(H,57,58,59)(H,60,61,62). The topological polar surface area (TPSA) is 402 Å². The number of nitrogens with one attached hydrogen (secondary N) is 1. The number of aromatic nitrogens is 1. The Bertz CT molecular complexity index is 4270. The number of fused-ring (bicyclic) bond motifs is 2. The van der Waals surface area contributed by atoms with Crippen LogP contribution in [0.5, 0.6) is 0 Å². The number of rotatable bonds is 14. The molecule has 1 aliphatic heterocycles. The van der Waals surface area contributed by atoms with Gasteiger partial charge in [0.1, 0.15) is 20.4 Å². The second kappa shape index (κ2) is 17.0.